The summed E-state index contributed by atoms with van der Waals surface area (Å²) in [6.07, 6.45) is 0. The molecule has 20 heavy (non-hydrogen) atoms. The fourth-order valence-corrected chi connectivity index (χ4v) is 3.33. The molecular formula is C13H20N2O4S. The van der Waals surface area contributed by atoms with E-state index in [9.17, 15) is 8.42 Å². The summed E-state index contributed by atoms with van der Waals surface area (Å²) in [5.41, 5.74) is 0.848. The SMILES string of the molecule is CC(=O)O.O=S(=O)(Cc1ccccc1)N1CCNCC1. The lowest BCUT2D eigenvalue weighted by atomic mass is 10.2. The predicted molar refractivity (Wildman–Crippen MR) is 76.8 cm³/mol. The third kappa shape index (κ3) is 6.14. The zero-order valence-electron chi connectivity index (χ0n) is 11.4. The van der Waals surface area contributed by atoms with Crippen LogP contribution in [0.25, 0.3) is 0 Å². The summed E-state index contributed by atoms with van der Waals surface area (Å²) in [5, 5.41) is 10.6. The summed E-state index contributed by atoms with van der Waals surface area (Å²) < 4.78 is 25.7. The maximum absolute atomic E-state index is 12.1. The highest BCUT2D eigenvalue weighted by atomic mass is 32.2. The molecule has 1 aromatic carbocycles. The van der Waals surface area contributed by atoms with Gasteiger partial charge in [0.25, 0.3) is 5.97 Å². The van der Waals surface area contributed by atoms with Gasteiger partial charge in [-0.1, -0.05) is 30.3 Å². The molecule has 7 heteroatoms. The molecule has 0 saturated carbocycles. The molecule has 0 radical (unpaired) electrons. The van der Waals surface area contributed by atoms with E-state index in [2.05, 4.69) is 5.32 Å². The lowest BCUT2D eigenvalue weighted by Gasteiger charge is -2.26. The Morgan fingerprint density at radius 2 is 1.75 bits per heavy atom. The predicted octanol–water partition coefficient (Wildman–Crippen LogP) is 0.512. The van der Waals surface area contributed by atoms with E-state index in [0.717, 1.165) is 25.6 Å². The van der Waals surface area contributed by atoms with Crippen molar-refractivity contribution >= 4 is 16.0 Å². The van der Waals surface area contributed by atoms with E-state index in [-0.39, 0.29) is 5.75 Å². The van der Waals surface area contributed by atoms with E-state index in [1.165, 1.54) is 0 Å². The number of nitrogens with zero attached hydrogens (tertiary/aromatic N) is 1. The number of hydrogen-bond donors (Lipinski definition) is 2. The molecule has 0 spiro atoms. The van der Waals surface area contributed by atoms with Crippen LogP contribution >= 0.6 is 0 Å². The number of sulfonamides is 1. The number of carboxylic acid groups (broad SMARTS) is 1. The topological polar surface area (TPSA) is 86.7 Å². The molecule has 6 nitrogen and oxygen atoms in total. The van der Waals surface area contributed by atoms with Gasteiger partial charge in [0.2, 0.25) is 10.0 Å². The van der Waals surface area contributed by atoms with E-state index in [4.69, 9.17) is 9.90 Å². The van der Waals surface area contributed by atoms with Crippen molar-refractivity contribution in [2.24, 2.45) is 0 Å². The molecule has 0 atom stereocenters. The Hall–Kier alpha value is -1.44. The van der Waals surface area contributed by atoms with Crippen LogP contribution in [0.15, 0.2) is 30.3 Å². The van der Waals surface area contributed by atoms with E-state index < -0.39 is 16.0 Å². The lowest BCUT2D eigenvalue weighted by Crippen LogP contribution is -2.46. The van der Waals surface area contributed by atoms with Gasteiger partial charge in [0.15, 0.2) is 0 Å². The van der Waals surface area contributed by atoms with Crippen LogP contribution in [-0.4, -0.2) is 50.0 Å². The van der Waals surface area contributed by atoms with Gasteiger partial charge in [-0.3, -0.25) is 4.79 Å². The molecule has 0 amide bonds. The summed E-state index contributed by atoms with van der Waals surface area (Å²) in [7, 11) is -3.14. The summed E-state index contributed by atoms with van der Waals surface area (Å²) in [6.45, 7) is 3.73. The second-order valence-corrected chi connectivity index (χ2v) is 6.38. The fourth-order valence-electron chi connectivity index (χ4n) is 1.80. The quantitative estimate of drug-likeness (QED) is 0.849. The van der Waals surface area contributed by atoms with Crippen molar-refractivity contribution in [1.82, 2.24) is 9.62 Å². The molecule has 112 valence electrons. The summed E-state index contributed by atoms with van der Waals surface area (Å²) >= 11 is 0. The first-order chi connectivity index (χ1) is 9.42. The summed E-state index contributed by atoms with van der Waals surface area (Å²) in [6, 6.07) is 9.31. The Morgan fingerprint density at radius 3 is 2.25 bits per heavy atom. The number of benzene rings is 1. The van der Waals surface area contributed by atoms with Crippen LogP contribution in [0.3, 0.4) is 0 Å². The van der Waals surface area contributed by atoms with Crippen LogP contribution in [0, 0.1) is 0 Å². The van der Waals surface area contributed by atoms with Gasteiger partial charge < -0.3 is 10.4 Å². The number of aliphatic carboxylic acids is 1. The highest BCUT2D eigenvalue weighted by Crippen LogP contribution is 2.11. The van der Waals surface area contributed by atoms with Crippen molar-refractivity contribution < 1.29 is 18.3 Å². The second-order valence-electron chi connectivity index (χ2n) is 4.41. The first kappa shape index (κ1) is 16.6. The Kier molecular flexibility index (Phi) is 6.63. The standard InChI is InChI=1S/C11H16N2O2S.C2H4O2/c14-16(15,13-8-6-12-7-9-13)10-11-4-2-1-3-5-11;1-2(3)4/h1-5,12H,6-10H2;1H3,(H,3,4). The van der Waals surface area contributed by atoms with E-state index in [0.29, 0.717) is 13.1 Å². The third-order valence-corrected chi connectivity index (χ3v) is 4.51. The average molecular weight is 300 g/mol. The highest BCUT2D eigenvalue weighted by Gasteiger charge is 2.23. The van der Waals surface area contributed by atoms with Gasteiger partial charge in [0, 0.05) is 33.1 Å². The van der Waals surface area contributed by atoms with Crippen LogP contribution in [0.4, 0.5) is 0 Å². The van der Waals surface area contributed by atoms with E-state index in [1.54, 1.807) is 4.31 Å². The smallest absolute Gasteiger partial charge is 0.300 e. The molecule has 1 fully saturated rings. The minimum absolute atomic E-state index is 0.105. The zero-order chi connectivity index (χ0) is 15.0. The van der Waals surface area contributed by atoms with Crippen molar-refractivity contribution in [2.75, 3.05) is 26.2 Å². The number of carbonyl (C=O) groups is 1. The van der Waals surface area contributed by atoms with Gasteiger partial charge >= 0.3 is 0 Å². The number of nitrogens with one attached hydrogen (secondary N) is 1. The van der Waals surface area contributed by atoms with Gasteiger partial charge in [-0.2, -0.15) is 4.31 Å². The molecule has 0 bridgehead atoms. The number of hydrogen-bond acceptors (Lipinski definition) is 4. The molecule has 1 aliphatic heterocycles. The van der Waals surface area contributed by atoms with E-state index >= 15 is 0 Å². The van der Waals surface area contributed by atoms with Crippen LogP contribution in [0.2, 0.25) is 0 Å². The Morgan fingerprint density at radius 1 is 1.25 bits per heavy atom. The normalized spacial score (nSPS) is 16.1. The van der Waals surface area contributed by atoms with Crippen molar-refractivity contribution in [1.29, 1.82) is 0 Å². The highest BCUT2D eigenvalue weighted by molar-refractivity contribution is 7.88. The van der Waals surface area contributed by atoms with Crippen molar-refractivity contribution in [3.63, 3.8) is 0 Å². The molecule has 1 aromatic rings. The molecule has 0 aromatic heterocycles. The number of carboxylic acids is 1. The summed E-state index contributed by atoms with van der Waals surface area (Å²) in [4.78, 5) is 9.00. The first-order valence-electron chi connectivity index (χ1n) is 6.34. The molecule has 1 heterocycles. The molecular weight excluding hydrogens is 280 g/mol. The minimum atomic E-state index is -3.14. The van der Waals surface area contributed by atoms with E-state index in [1.807, 2.05) is 30.3 Å². The van der Waals surface area contributed by atoms with Crippen molar-refractivity contribution in [3.8, 4) is 0 Å². The van der Waals surface area contributed by atoms with Crippen LogP contribution < -0.4 is 5.32 Å². The van der Waals surface area contributed by atoms with Gasteiger partial charge in [0.1, 0.15) is 0 Å². The Labute approximate surface area is 119 Å². The third-order valence-electron chi connectivity index (χ3n) is 2.66. The second kappa shape index (κ2) is 7.98. The fraction of sp³-hybridized carbons (Fsp3) is 0.462. The lowest BCUT2D eigenvalue weighted by molar-refractivity contribution is -0.134. The maximum Gasteiger partial charge on any atom is 0.300 e. The van der Waals surface area contributed by atoms with Crippen molar-refractivity contribution in [3.05, 3.63) is 35.9 Å². The minimum Gasteiger partial charge on any atom is -0.481 e. The monoisotopic (exact) mass is 300 g/mol. The van der Waals surface area contributed by atoms with Crippen LogP contribution in [0.1, 0.15) is 12.5 Å². The van der Waals surface area contributed by atoms with Gasteiger partial charge in [-0.25, -0.2) is 8.42 Å². The molecule has 1 aliphatic rings. The first-order valence-corrected chi connectivity index (χ1v) is 7.95. The molecule has 2 rings (SSSR count). The van der Waals surface area contributed by atoms with Gasteiger partial charge in [-0.05, 0) is 5.56 Å². The Balaban J connectivity index is 0.000000444. The number of rotatable bonds is 3. The van der Waals surface area contributed by atoms with Gasteiger partial charge in [-0.15, -0.1) is 0 Å². The average Bonchev–Trinajstić information content (AvgIpc) is 2.40. The Bertz CT molecular complexity index is 506. The maximum atomic E-state index is 12.1. The zero-order valence-corrected chi connectivity index (χ0v) is 12.3. The van der Waals surface area contributed by atoms with Crippen LogP contribution in [-0.2, 0) is 20.6 Å². The largest absolute Gasteiger partial charge is 0.481 e. The molecule has 0 unspecified atom stereocenters. The molecule has 2 N–H and O–H groups in total. The summed E-state index contributed by atoms with van der Waals surface area (Å²) in [5.74, 6) is -0.728. The molecule has 1 saturated heterocycles. The number of piperazine rings is 1. The van der Waals surface area contributed by atoms with Gasteiger partial charge in [0.05, 0.1) is 5.75 Å². The molecule has 0 aliphatic carbocycles. The van der Waals surface area contributed by atoms with Crippen LogP contribution in [0.5, 0.6) is 0 Å². The van der Waals surface area contributed by atoms with Crippen molar-refractivity contribution in [2.45, 2.75) is 12.7 Å².